The number of aromatic nitrogens is 2. The first-order valence-electron chi connectivity index (χ1n) is 11.9. The molecule has 2 N–H and O–H groups in total. The second-order valence-corrected chi connectivity index (χ2v) is 9.17. The summed E-state index contributed by atoms with van der Waals surface area (Å²) in [6, 6.07) is 19.0. The molecule has 3 aromatic carbocycles. The van der Waals surface area contributed by atoms with Crippen LogP contribution in [0.15, 0.2) is 74.9 Å². The van der Waals surface area contributed by atoms with Crippen LogP contribution in [-0.4, -0.2) is 38.4 Å². The highest BCUT2D eigenvalue weighted by molar-refractivity contribution is 6.31. The third-order valence-corrected chi connectivity index (χ3v) is 6.76. The molecule has 0 fully saturated rings. The molecule has 0 bridgehead atoms. The number of nitrogens with one attached hydrogen (secondary N) is 1. The van der Waals surface area contributed by atoms with Gasteiger partial charge in [-0.25, -0.2) is 9.79 Å². The highest BCUT2D eigenvalue weighted by Gasteiger charge is 2.20. The predicted octanol–water partition coefficient (Wildman–Crippen LogP) is 5.98. The zero-order valence-electron chi connectivity index (χ0n) is 20.4. The van der Waals surface area contributed by atoms with Crippen LogP contribution in [0.25, 0.3) is 22.0 Å². The van der Waals surface area contributed by atoms with Crippen LogP contribution in [-0.2, 0) is 13.6 Å². The second kappa shape index (κ2) is 9.68. The van der Waals surface area contributed by atoms with Gasteiger partial charge in [0.15, 0.2) is 11.5 Å². The van der Waals surface area contributed by atoms with Crippen LogP contribution in [0.4, 0.5) is 5.69 Å². The number of hydrogen-bond donors (Lipinski definition) is 2. The van der Waals surface area contributed by atoms with Gasteiger partial charge in [0.2, 0.25) is 0 Å². The van der Waals surface area contributed by atoms with E-state index >= 15 is 0 Å². The van der Waals surface area contributed by atoms with Crippen molar-refractivity contribution in [2.24, 2.45) is 12.0 Å². The van der Waals surface area contributed by atoms with E-state index in [4.69, 9.17) is 21.0 Å². The van der Waals surface area contributed by atoms with E-state index in [0.717, 1.165) is 30.7 Å². The number of hydrogen-bond acceptors (Lipinski definition) is 5. The zero-order chi connectivity index (χ0) is 25.4. The summed E-state index contributed by atoms with van der Waals surface area (Å²) in [4.78, 5) is 22.4. The molecular weight excluding hydrogens is 476 g/mol. The summed E-state index contributed by atoms with van der Waals surface area (Å²) in [5.74, 6) is -0.451. The van der Waals surface area contributed by atoms with E-state index in [-0.39, 0.29) is 5.88 Å². The normalized spacial score (nSPS) is 12.3. The lowest BCUT2D eigenvalue weighted by molar-refractivity contribution is 0.296. The average molecular weight is 503 g/mol. The Labute approximate surface area is 213 Å². The van der Waals surface area contributed by atoms with Crippen molar-refractivity contribution in [2.45, 2.75) is 20.4 Å². The Hall–Kier alpha value is -3.81. The molecule has 0 saturated heterocycles. The topological polar surface area (TPSA) is 86.8 Å². The van der Waals surface area contributed by atoms with Crippen LogP contribution >= 0.6 is 11.6 Å². The van der Waals surface area contributed by atoms with Crippen LogP contribution in [0.3, 0.4) is 0 Å². The number of fused-ring (bicyclic) bond motifs is 2. The molecular formula is C28H27ClN4O3. The van der Waals surface area contributed by atoms with Crippen molar-refractivity contribution < 1.29 is 9.52 Å². The molecule has 2 heterocycles. The molecule has 0 unspecified atom stereocenters. The van der Waals surface area contributed by atoms with Crippen LogP contribution in [0.1, 0.15) is 30.5 Å². The van der Waals surface area contributed by atoms with Crippen molar-refractivity contribution >= 4 is 45.0 Å². The standard InChI is InChI=1S/C28H27ClN4O3/c1-4-33(5-2)16-17-6-10-20(11-7-17)30-26(18-8-13-23-24(14-18)36-28(35)32(23)3)25-21-12-9-19(29)15-22(21)31-27(25)34/h6-15,31,34H,4-5,16H2,1-3H3. The summed E-state index contributed by atoms with van der Waals surface area (Å²) in [5, 5.41) is 12.3. The molecule has 184 valence electrons. The molecule has 0 amide bonds. The number of rotatable bonds is 7. The molecule has 0 saturated carbocycles. The number of halogens is 1. The Morgan fingerprint density at radius 2 is 1.83 bits per heavy atom. The predicted molar refractivity (Wildman–Crippen MR) is 145 cm³/mol. The molecule has 5 rings (SSSR count). The minimum atomic E-state index is -0.436. The summed E-state index contributed by atoms with van der Waals surface area (Å²) in [6.45, 7) is 7.16. The van der Waals surface area contributed by atoms with Gasteiger partial charge in [0, 0.05) is 29.6 Å². The van der Waals surface area contributed by atoms with Crippen LogP contribution in [0, 0.1) is 0 Å². The highest BCUT2D eigenvalue weighted by atomic mass is 35.5. The van der Waals surface area contributed by atoms with E-state index in [1.54, 1.807) is 25.2 Å². The van der Waals surface area contributed by atoms with Gasteiger partial charge in [0.25, 0.3) is 0 Å². The van der Waals surface area contributed by atoms with Crippen LogP contribution < -0.4 is 5.76 Å². The molecule has 0 aliphatic carbocycles. The summed E-state index contributed by atoms with van der Waals surface area (Å²) in [6.07, 6.45) is 0. The van der Waals surface area contributed by atoms with E-state index in [0.29, 0.717) is 38.5 Å². The van der Waals surface area contributed by atoms with Crippen molar-refractivity contribution in [3.63, 3.8) is 0 Å². The Morgan fingerprint density at radius 3 is 2.56 bits per heavy atom. The lowest BCUT2D eigenvalue weighted by Gasteiger charge is -2.17. The molecule has 2 aromatic heterocycles. The van der Waals surface area contributed by atoms with E-state index in [1.807, 2.05) is 30.3 Å². The number of oxazole rings is 1. The lowest BCUT2D eigenvalue weighted by Crippen LogP contribution is -2.21. The fourth-order valence-corrected chi connectivity index (χ4v) is 4.62. The monoisotopic (exact) mass is 502 g/mol. The summed E-state index contributed by atoms with van der Waals surface area (Å²) < 4.78 is 6.88. The van der Waals surface area contributed by atoms with Gasteiger partial charge >= 0.3 is 5.76 Å². The number of aryl methyl sites for hydroxylation is 1. The van der Waals surface area contributed by atoms with Gasteiger partial charge in [-0.2, -0.15) is 0 Å². The fourth-order valence-electron chi connectivity index (χ4n) is 4.45. The van der Waals surface area contributed by atoms with Gasteiger partial charge in [0.1, 0.15) is 0 Å². The minimum absolute atomic E-state index is 0.0150. The summed E-state index contributed by atoms with van der Waals surface area (Å²) in [7, 11) is 1.66. The van der Waals surface area contributed by atoms with Crippen molar-refractivity contribution in [1.82, 2.24) is 14.5 Å². The Bertz CT molecular complexity index is 1640. The Morgan fingerprint density at radius 1 is 1.08 bits per heavy atom. The van der Waals surface area contributed by atoms with E-state index in [1.165, 1.54) is 10.1 Å². The third kappa shape index (κ3) is 4.43. The third-order valence-electron chi connectivity index (χ3n) is 6.52. The van der Waals surface area contributed by atoms with Crippen molar-refractivity contribution in [2.75, 3.05) is 13.1 Å². The van der Waals surface area contributed by atoms with Crippen molar-refractivity contribution in [3.8, 4) is 5.88 Å². The molecule has 0 aliphatic rings. The SMILES string of the molecule is CCN(CC)Cc1ccc(N=C(c2ccc3c(c2)oc(=O)n3C)c2c(O)[nH]c3cc(Cl)ccc23)cc1. The van der Waals surface area contributed by atoms with Crippen LogP contribution in [0.2, 0.25) is 5.02 Å². The number of H-pyrrole nitrogens is 1. The molecule has 7 nitrogen and oxygen atoms in total. The first kappa shape index (κ1) is 23.9. The van der Waals surface area contributed by atoms with Crippen molar-refractivity contribution in [1.29, 1.82) is 0 Å². The minimum Gasteiger partial charge on any atom is -0.494 e. The Balaban J connectivity index is 1.66. The van der Waals surface area contributed by atoms with E-state index in [9.17, 15) is 9.90 Å². The largest absolute Gasteiger partial charge is 0.494 e. The number of aromatic amines is 1. The molecule has 0 atom stereocenters. The second-order valence-electron chi connectivity index (χ2n) is 8.74. The zero-order valence-corrected chi connectivity index (χ0v) is 21.1. The Kier molecular flexibility index (Phi) is 6.43. The number of benzene rings is 3. The number of aliphatic imine (C=N–C) groups is 1. The molecule has 0 spiro atoms. The quantitative estimate of drug-likeness (QED) is 0.268. The molecule has 5 aromatic rings. The molecule has 0 radical (unpaired) electrons. The first-order chi connectivity index (χ1) is 17.4. The van der Waals surface area contributed by atoms with Gasteiger partial charge in [0.05, 0.1) is 28.0 Å². The maximum atomic E-state index is 12.1. The molecule has 0 aliphatic heterocycles. The fraction of sp³-hybridized carbons (Fsp3) is 0.214. The summed E-state index contributed by atoms with van der Waals surface area (Å²) in [5.41, 5.74) is 5.57. The van der Waals surface area contributed by atoms with Gasteiger partial charge in [-0.1, -0.05) is 49.7 Å². The van der Waals surface area contributed by atoms with E-state index in [2.05, 4.69) is 35.9 Å². The molecule has 8 heteroatoms. The van der Waals surface area contributed by atoms with E-state index < -0.39 is 5.76 Å². The smallest absolute Gasteiger partial charge is 0.419 e. The first-order valence-corrected chi connectivity index (χ1v) is 12.3. The van der Waals surface area contributed by atoms with Gasteiger partial charge in [-0.3, -0.25) is 9.47 Å². The van der Waals surface area contributed by atoms with Gasteiger partial charge < -0.3 is 14.5 Å². The maximum Gasteiger partial charge on any atom is 0.419 e. The number of aromatic hydroxyl groups is 1. The van der Waals surface area contributed by atoms with Gasteiger partial charge in [-0.15, -0.1) is 0 Å². The molecule has 36 heavy (non-hydrogen) atoms. The maximum absolute atomic E-state index is 12.1. The number of nitrogens with zero attached hydrogens (tertiary/aromatic N) is 3. The van der Waals surface area contributed by atoms with Gasteiger partial charge in [-0.05, 0) is 55.1 Å². The van der Waals surface area contributed by atoms with Crippen LogP contribution in [0.5, 0.6) is 5.88 Å². The lowest BCUT2D eigenvalue weighted by atomic mass is 10.0. The highest BCUT2D eigenvalue weighted by Crippen LogP contribution is 2.33. The average Bonchev–Trinajstić information content (AvgIpc) is 3.35. The van der Waals surface area contributed by atoms with Crippen molar-refractivity contribution in [3.05, 3.63) is 92.9 Å². The summed E-state index contributed by atoms with van der Waals surface area (Å²) >= 11 is 6.18.